The Morgan fingerprint density at radius 2 is 2.04 bits per heavy atom. The first-order valence-electron chi connectivity index (χ1n) is 7.35. The lowest BCUT2D eigenvalue weighted by molar-refractivity contribution is 0.0531. The molecule has 8 nitrogen and oxygen atoms in total. The third-order valence-electron chi connectivity index (χ3n) is 2.86. The number of nitrogens with zero attached hydrogens (tertiary/aromatic N) is 4. The van der Waals surface area contributed by atoms with Gasteiger partial charge in [0.25, 0.3) is 6.08 Å². The van der Waals surface area contributed by atoms with E-state index in [0.29, 0.717) is 5.00 Å². The highest BCUT2D eigenvalue weighted by molar-refractivity contribution is 9.11. The van der Waals surface area contributed by atoms with Crippen molar-refractivity contribution >= 4 is 33.4 Å². The predicted molar refractivity (Wildman–Crippen MR) is 94.7 cm³/mol. The first-order chi connectivity index (χ1) is 12.1. The van der Waals surface area contributed by atoms with E-state index in [0.717, 1.165) is 13.2 Å². The van der Waals surface area contributed by atoms with Crippen molar-refractivity contribution in [2.45, 2.75) is 32.9 Å². The molecule has 2 aromatic heterocycles. The van der Waals surface area contributed by atoms with Crippen molar-refractivity contribution in [2.75, 3.05) is 6.54 Å². The third kappa shape index (κ3) is 5.46. The summed E-state index contributed by atoms with van der Waals surface area (Å²) in [5, 5.41) is 10.0. The normalized spacial score (nSPS) is 11.3. The molecular weight excluding hydrogens is 436 g/mol. The number of thiophene rings is 1. The Balaban J connectivity index is 2.10. The Bertz CT molecular complexity index is 880. The number of ether oxygens (including phenoxy) is 1. The molecule has 0 aliphatic rings. The van der Waals surface area contributed by atoms with Crippen LogP contribution in [-0.2, 0) is 11.3 Å². The van der Waals surface area contributed by atoms with Gasteiger partial charge in [0.05, 0.1) is 10.3 Å². The number of halogens is 3. The van der Waals surface area contributed by atoms with Crippen LogP contribution in [0.25, 0.3) is 5.00 Å². The summed E-state index contributed by atoms with van der Waals surface area (Å²) in [6.07, 6.45) is -2.85. The molecule has 0 radical (unpaired) electrons. The molecule has 1 N–H and O–H groups in total. The number of alkyl carbamates (subject to hydrolysis) is 1. The van der Waals surface area contributed by atoms with Gasteiger partial charge < -0.3 is 10.1 Å². The average molecular weight is 452 g/mol. The number of aromatic nitrogens is 4. The summed E-state index contributed by atoms with van der Waals surface area (Å²) in [7, 11) is 0. The van der Waals surface area contributed by atoms with Crippen LogP contribution in [0.15, 0.2) is 32.4 Å². The summed E-state index contributed by atoms with van der Waals surface area (Å²) in [4.78, 5) is 23.9. The van der Waals surface area contributed by atoms with Crippen molar-refractivity contribution in [3.05, 3.63) is 38.1 Å². The van der Waals surface area contributed by atoms with Gasteiger partial charge in [-0.05, 0) is 59.3 Å². The van der Waals surface area contributed by atoms with E-state index < -0.39 is 42.1 Å². The molecule has 0 bridgehead atoms. The van der Waals surface area contributed by atoms with Crippen LogP contribution in [0.1, 0.15) is 20.8 Å². The van der Waals surface area contributed by atoms with Crippen LogP contribution in [0, 0.1) is 0 Å². The predicted octanol–water partition coefficient (Wildman–Crippen LogP) is 2.93. The molecule has 0 aliphatic heterocycles. The zero-order valence-corrected chi connectivity index (χ0v) is 16.5. The fourth-order valence-corrected chi connectivity index (χ4v) is 3.09. The second kappa shape index (κ2) is 8.08. The SMILES string of the molecule is CC(C)(C)OC(=O)NCC(Cn1nnn(-c2ccc(Br)s2)c1=O)=C(F)F. The molecule has 0 aromatic carbocycles. The van der Waals surface area contributed by atoms with Crippen LogP contribution in [0.2, 0.25) is 0 Å². The molecule has 0 atom stereocenters. The largest absolute Gasteiger partial charge is 0.444 e. The highest BCUT2D eigenvalue weighted by atomic mass is 79.9. The lowest BCUT2D eigenvalue weighted by atomic mass is 10.2. The minimum atomic E-state index is -2.01. The van der Waals surface area contributed by atoms with Crippen LogP contribution >= 0.6 is 27.3 Å². The van der Waals surface area contributed by atoms with E-state index in [1.165, 1.54) is 11.3 Å². The van der Waals surface area contributed by atoms with E-state index in [-0.39, 0.29) is 0 Å². The molecule has 2 aromatic rings. The molecule has 0 saturated carbocycles. The number of tetrazole rings is 1. The molecule has 2 rings (SSSR count). The van der Waals surface area contributed by atoms with Crippen molar-refractivity contribution in [3.8, 4) is 5.00 Å². The van der Waals surface area contributed by atoms with Gasteiger partial charge in [-0.25, -0.2) is 9.59 Å². The van der Waals surface area contributed by atoms with Crippen molar-refractivity contribution < 1.29 is 18.3 Å². The Hall–Kier alpha value is -2.08. The maximum atomic E-state index is 13.2. The second-order valence-corrected chi connectivity index (χ2v) is 8.57. The van der Waals surface area contributed by atoms with Gasteiger partial charge in [-0.2, -0.15) is 18.1 Å². The highest BCUT2D eigenvalue weighted by Crippen LogP contribution is 2.23. The van der Waals surface area contributed by atoms with Crippen LogP contribution < -0.4 is 11.0 Å². The van der Waals surface area contributed by atoms with E-state index in [1.54, 1.807) is 32.9 Å². The maximum absolute atomic E-state index is 13.2. The molecular formula is C14H16BrF2N5O3S. The highest BCUT2D eigenvalue weighted by Gasteiger charge is 2.19. The van der Waals surface area contributed by atoms with Crippen molar-refractivity contribution in [1.29, 1.82) is 0 Å². The van der Waals surface area contributed by atoms with Crippen molar-refractivity contribution in [3.63, 3.8) is 0 Å². The summed E-state index contributed by atoms with van der Waals surface area (Å²) in [6.45, 7) is 3.96. The fourth-order valence-electron chi connectivity index (χ4n) is 1.79. The van der Waals surface area contributed by atoms with E-state index >= 15 is 0 Å². The Morgan fingerprint density at radius 1 is 1.35 bits per heavy atom. The van der Waals surface area contributed by atoms with Crippen molar-refractivity contribution in [2.24, 2.45) is 0 Å². The van der Waals surface area contributed by atoms with E-state index in [9.17, 15) is 18.4 Å². The smallest absolute Gasteiger partial charge is 0.407 e. The van der Waals surface area contributed by atoms with E-state index in [4.69, 9.17) is 4.74 Å². The van der Waals surface area contributed by atoms with Gasteiger partial charge in [-0.3, -0.25) is 0 Å². The average Bonchev–Trinajstić information content (AvgIpc) is 3.07. The third-order valence-corrected chi connectivity index (χ3v) is 4.46. The number of hydrogen-bond acceptors (Lipinski definition) is 6. The zero-order chi connectivity index (χ0) is 19.5. The number of rotatable bonds is 5. The molecule has 1 amide bonds. The van der Waals surface area contributed by atoms with Gasteiger partial charge in [-0.1, -0.05) is 0 Å². The summed E-state index contributed by atoms with van der Waals surface area (Å²) < 4.78 is 33.9. The van der Waals surface area contributed by atoms with Crippen LogP contribution in [0.3, 0.4) is 0 Å². The quantitative estimate of drug-likeness (QED) is 0.754. The van der Waals surface area contributed by atoms with Gasteiger partial charge >= 0.3 is 11.8 Å². The number of nitrogens with one attached hydrogen (secondary N) is 1. The molecule has 0 fully saturated rings. The molecule has 142 valence electrons. The Labute approximate surface area is 159 Å². The first-order valence-corrected chi connectivity index (χ1v) is 8.96. The lowest BCUT2D eigenvalue weighted by Crippen LogP contribution is -2.34. The van der Waals surface area contributed by atoms with Gasteiger partial charge in [0.2, 0.25) is 0 Å². The zero-order valence-electron chi connectivity index (χ0n) is 14.1. The standard InChI is InChI=1S/C14H16BrF2N5O3S/c1-14(2,3)25-12(23)18-6-8(11(16)17)7-21-13(24)22(20-19-21)10-5-4-9(15)26-10/h4-5H,6-7H2,1-3H3,(H,18,23). The van der Waals surface area contributed by atoms with Crippen LogP contribution in [0.4, 0.5) is 13.6 Å². The minimum Gasteiger partial charge on any atom is -0.444 e. The molecule has 26 heavy (non-hydrogen) atoms. The maximum Gasteiger partial charge on any atom is 0.407 e. The lowest BCUT2D eigenvalue weighted by Gasteiger charge is -2.19. The van der Waals surface area contributed by atoms with Gasteiger partial charge in [0.15, 0.2) is 0 Å². The molecule has 12 heteroatoms. The number of amides is 1. The number of carbonyl (C=O) groups excluding carboxylic acids is 1. The van der Waals surface area contributed by atoms with E-state index in [2.05, 4.69) is 31.7 Å². The Morgan fingerprint density at radius 3 is 2.58 bits per heavy atom. The van der Waals surface area contributed by atoms with Gasteiger partial charge in [-0.15, -0.1) is 11.3 Å². The molecule has 0 spiro atoms. The first kappa shape index (κ1) is 20.2. The van der Waals surface area contributed by atoms with E-state index in [1.807, 2.05) is 0 Å². The summed E-state index contributed by atoms with van der Waals surface area (Å²) in [5.41, 5.74) is -1.90. The molecule has 0 unspecified atom stereocenters. The minimum absolute atomic E-state index is 0.475. The van der Waals surface area contributed by atoms with Crippen LogP contribution in [0.5, 0.6) is 0 Å². The number of carbonyl (C=O) groups is 1. The van der Waals surface area contributed by atoms with Crippen LogP contribution in [-0.4, -0.2) is 38.0 Å². The topological polar surface area (TPSA) is 91.0 Å². The summed E-state index contributed by atoms with van der Waals surface area (Å²) in [6, 6.07) is 3.37. The molecule has 0 saturated heterocycles. The summed E-state index contributed by atoms with van der Waals surface area (Å²) in [5.74, 6) is 0. The second-order valence-electron chi connectivity index (χ2n) is 6.13. The Kier molecular flexibility index (Phi) is 6.29. The number of hydrogen-bond donors (Lipinski definition) is 1. The van der Waals surface area contributed by atoms with Gasteiger partial charge in [0.1, 0.15) is 10.6 Å². The monoisotopic (exact) mass is 451 g/mol. The van der Waals surface area contributed by atoms with Crippen molar-refractivity contribution in [1.82, 2.24) is 25.1 Å². The molecule has 2 heterocycles. The summed E-state index contributed by atoms with van der Waals surface area (Å²) >= 11 is 4.51. The van der Waals surface area contributed by atoms with Gasteiger partial charge in [0, 0.05) is 12.1 Å². The fraction of sp³-hybridized carbons (Fsp3) is 0.429. The molecule has 0 aliphatic carbocycles.